The van der Waals surface area contributed by atoms with Crippen molar-refractivity contribution in [1.29, 1.82) is 0 Å². The molecule has 4 nitrogen and oxygen atoms in total. The molecule has 2 aromatic rings. The van der Waals surface area contributed by atoms with Crippen molar-refractivity contribution in [3.63, 3.8) is 0 Å². The predicted molar refractivity (Wildman–Crippen MR) is 95.5 cm³/mol. The number of rotatable bonds is 6. The molecule has 0 bridgehead atoms. The van der Waals surface area contributed by atoms with Crippen LogP contribution in [0.1, 0.15) is 29.7 Å². The van der Waals surface area contributed by atoms with E-state index in [2.05, 4.69) is 40.6 Å². The summed E-state index contributed by atoms with van der Waals surface area (Å²) in [6.45, 7) is 1.72. The first-order chi connectivity index (χ1) is 11.7. The van der Waals surface area contributed by atoms with Crippen molar-refractivity contribution in [2.45, 2.75) is 32.1 Å². The summed E-state index contributed by atoms with van der Waals surface area (Å²) in [7, 11) is 0. The minimum atomic E-state index is -0.410. The molecule has 3 N–H and O–H groups in total. The Morgan fingerprint density at radius 2 is 1.75 bits per heavy atom. The normalized spacial score (nSPS) is 16.7. The molecule has 1 saturated heterocycles. The van der Waals surface area contributed by atoms with Crippen molar-refractivity contribution in [1.82, 2.24) is 10.3 Å². The molecule has 0 aliphatic carbocycles. The van der Waals surface area contributed by atoms with Gasteiger partial charge in [-0.2, -0.15) is 0 Å². The summed E-state index contributed by atoms with van der Waals surface area (Å²) in [6, 6.07) is 14.4. The van der Waals surface area contributed by atoms with Crippen molar-refractivity contribution >= 4 is 5.91 Å². The second-order valence-corrected chi connectivity index (χ2v) is 6.66. The van der Waals surface area contributed by atoms with Crippen molar-refractivity contribution in [2.24, 2.45) is 11.1 Å². The molecule has 24 heavy (non-hydrogen) atoms. The molecule has 2 heterocycles. The molecule has 4 heteroatoms. The number of amides is 1. The van der Waals surface area contributed by atoms with Crippen LogP contribution in [0.2, 0.25) is 0 Å². The summed E-state index contributed by atoms with van der Waals surface area (Å²) in [5.41, 5.74) is 9.01. The maximum Gasteiger partial charge on any atom is 0.224 e. The zero-order valence-electron chi connectivity index (χ0n) is 14.0. The Balaban J connectivity index is 1.77. The highest BCUT2D eigenvalue weighted by Crippen LogP contribution is 2.33. The van der Waals surface area contributed by atoms with Crippen LogP contribution in [0.5, 0.6) is 0 Å². The Morgan fingerprint density at radius 1 is 1.04 bits per heavy atom. The number of nitrogens with two attached hydrogens (primary N) is 1. The Bertz CT molecular complexity index is 678. The van der Waals surface area contributed by atoms with Crippen LogP contribution >= 0.6 is 0 Å². The van der Waals surface area contributed by atoms with Gasteiger partial charge in [0, 0.05) is 11.9 Å². The summed E-state index contributed by atoms with van der Waals surface area (Å²) < 4.78 is 0. The maximum absolute atomic E-state index is 12.2. The van der Waals surface area contributed by atoms with Crippen LogP contribution in [0.4, 0.5) is 0 Å². The minimum absolute atomic E-state index is 0.163. The average molecular weight is 323 g/mol. The van der Waals surface area contributed by atoms with E-state index < -0.39 is 5.41 Å². The number of benzene rings is 1. The van der Waals surface area contributed by atoms with Crippen LogP contribution in [0.15, 0.2) is 48.7 Å². The zero-order chi connectivity index (χ0) is 16.8. The van der Waals surface area contributed by atoms with Crippen molar-refractivity contribution in [3.8, 4) is 0 Å². The highest BCUT2D eigenvalue weighted by Gasteiger charge is 2.38. The number of pyridine rings is 1. The summed E-state index contributed by atoms with van der Waals surface area (Å²) in [5.74, 6) is -0.163. The van der Waals surface area contributed by atoms with Gasteiger partial charge in [0.05, 0.1) is 5.41 Å². The molecule has 3 rings (SSSR count). The van der Waals surface area contributed by atoms with E-state index in [1.165, 1.54) is 11.1 Å². The third kappa shape index (κ3) is 3.82. The Hall–Kier alpha value is -2.20. The monoisotopic (exact) mass is 323 g/mol. The van der Waals surface area contributed by atoms with Gasteiger partial charge in [0.1, 0.15) is 0 Å². The average Bonchev–Trinajstić information content (AvgIpc) is 2.62. The van der Waals surface area contributed by atoms with Crippen molar-refractivity contribution < 1.29 is 4.79 Å². The topological polar surface area (TPSA) is 68.0 Å². The Labute approximate surface area is 143 Å². The smallest absolute Gasteiger partial charge is 0.224 e. The fourth-order valence-corrected chi connectivity index (χ4v) is 3.56. The molecule has 1 aromatic carbocycles. The van der Waals surface area contributed by atoms with E-state index in [0.29, 0.717) is 0 Å². The molecular weight excluding hydrogens is 298 g/mol. The van der Waals surface area contributed by atoms with Crippen LogP contribution in [-0.2, 0) is 24.1 Å². The minimum Gasteiger partial charge on any atom is -0.369 e. The van der Waals surface area contributed by atoms with Gasteiger partial charge in [0.2, 0.25) is 5.91 Å². The number of hydrogen-bond donors (Lipinski definition) is 2. The number of nitrogens with one attached hydrogen (secondary N) is 1. The summed E-state index contributed by atoms with van der Waals surface area (Å²) in [6.07, 6.45) is 6.04. The molecule has 126 valence electrons. The van der Waals surface area contributed by atoms with E-state index >= 15 is 0 Å². The lowest BCUT2D eigenvalue weighted by Gasteiger charge is -2.35. The van der Waals surface area contributed by atoms with Gasteiger partial charge < -0.3 is 11.1 Å². The lowest BCUT2D eigenvalue weighted by atomic mass is 9.73. The first-order valence-corrected chi connectivity index (χ1v) is 8.67. The number of carbonyl (C=O) groups is 1. The van der Waals surface area contributed by atoms with E-state index in [1.54, 1.807) is 0 Å². The van der Waals surface area contributed by atoms with Crippen LogP contribution in [0, 0.1) is 5.41 Å². The van der Waals surface area contributed by atoms with E-state index in [9.17, 15) is 4.79 Å². The molecule has 0 atom stereocenters. The highest BCUT2D eigenvalue weighted by molar-refractivity contribution is 5.81. The predicted octanol–water partition coefficient (Wildman–Crippen LogP) is 2.26. The lowest BCUT2D eigenvalue weighted by Crippen LogP contribution is -2.47. The standard InChI is InChI=1S/C20H25N3O/c21-19(24)20(10-13-22-14-11-20)15-17-6-2-1-5-16(17)8-9-18-7-3-4-12-23-18/h1-7,12,22H,8-11,13-15H2,(H2,21,24). The lowest BCUT2D eigenvalue weighted by molar-refractivity contribution is -0.129. The van der Waals surface area contributed by atoms with Crippen molar-refractivity contribution in [3.05, 3.63) is 65.5 Å². The number of primary amides is 1. The van der Waals surface area contributed by atoms with Gasteiger partial charge in [-0.15, -0.1) is 0 Å². The van der Waals surface area contributed by atoms with Gasteiger partial charge in [-0.25, -0.2) is 0 Å². The van der Waals surface area contributed by atoms with E-state index in [0.717, 1.165) is 50.9 Å². The van der Waals surface area contributed by atoms with Gasteiger partial charge in [-0.05, 0) is 68.5 Å². The van der Waals surface area contributed by atoms with Crippen LogP contribution in [-0.4, -0.2) is 24.0 Å². The third-order valence-corrected chi connectivity index (χ3v) is 5.11. The SMILES string of the molecule is NC(=O)C1(Cc2ccccc2CCc2ccccn2)CCNCC1. The molecule has 1 aromatic heterocycles. The number of carbonyl (C=O) groups excluding carboxylic acids is 1. The van der Waals surface area contributed by atoms with Gasteiger partial charge in [-0.3, -0.25) is 9.78 Å². The molecule has 0 spiro atoms. The second kappa shape index (κ2) is 7.58. The number of aromatic nitrogens is 1. The highest BCUT2D eigenvalue weighted by atomic mass is 16.1. The van der Waals surface area contributed by atoms with Gasteiger partial charge >= 0.3 is 0 Å². The fourth-order valence-electron chi connectivity index (χ4n) is 3.56. The van der Waals surface area contributed by atoms with Gasteiger partial charge in [-0.1, -0.05) is 30.3 Å². The molecule has 1 amide bonds. The summed E-state index contributed by atoms with van der Waals surface area (Å²) in [5, 5.41) is 3.33. The number of hydrogen-bond acceptors (Lipinski definition) is 3. The molecule has 0 unspecified atom stereocenters. The molecule has 0 radical (unpaired) electrons. The molecule has 1 aliphatic rings. The van der Waals surface area contributed by atoms with Gasteiger partial charge in [0.25, 0.3) is 0 Å². The molecule has 1 aliphatic heterocycles. The molecule has 0 saturated carbocycles. The van der Waals surface area contributed by atoms with Crippen LogP contribution < -0.4 is 11.1 Å². The maximum atomic E-state index is 12.2. The second-order valence-electron chi connectivity index (χ2n) is 6.66. The number of piperidine rings is 1. The van der Waals surface area contributed by atoms with Crippen LogP contribution in [0.25, 0.3) is 0 Å². The van der Waals surface area contributed by atoms with Crippen molar-refractivity contribution in [2.75, 3.05) is 13.1 Å². The molecule has 1 fully saturated rings. The third-order valence-electron chi connectivity index (χ3n) is 5.11. The first kappa shape index (κ1) is 16.7. The van der Waals surface area contributed by atoms with E-state index in [4.69, 9.17) is 5.73 Å². The summed E-state index contributed by atoms with van der Waals surface area (Å²) >= 11 is 0. The number of nitrogens with zero attached hydrogens (tertiary/aromatic N) is 1. The molecular formula is C20H25N3O. The quantitative estimate of drug-likeness (QED) is 0.857. The van der Waals surface area contributed by atoms with Gasteiger partial charge in [0.15, 0.2) is 0 Å². The van der Waals surface area contributed by atoms with E-state index in [1.807, 2.05) is 18.3 Å². The Morgan fingerprint density at radius 3 is 2.42 bits per heavy atom. The fraction of sp³-hybridized carbons (Fsp3) is 0.400. The van der Waals surface area contributed by atoms with E-state index in [-0.39, 0.29) is 5.91 Å². The first-order valence-electron chi connectivity index (χ1n) is 8.67. The Kier molecular flexibility index (Phi) is 5.26. The van der Waals surface area contributed by atoms with Crippen LogP contribution in [0.3, 0.4) is 0 Å². The summed E-state index contributed by atoms with van der Waals surface area (Å²) in [4.78, 5) is 16.6. The largest absolute Gasteiger partial charge is 0.369 e. The number of aryl methyl sites for hydroxylation is 2. The zero-order valence-corrected chi connectivity index (χ0v) is 14.0.